The Balaban J connectivity index is 1.54. The van der Waals surface area contributed by atoms with E-state index < -0.39 is 0 Å². The fourth-order valence-corrected chi connectivity index (χ4v) is 3.29. The van der Waals surface area contributed by atoms with Crippen LogP contribution in [0.3, 0.4) is 0 Å². The van der Waals surface area contributed by atoms with Crippen LogP contribution in [0.1, 0.15) is 42.4 Å². The van der Waals surface area contributed by atoms with Crippen LogP contribution in [0.5, 0.6) is 0 Å². The topological polar surface area (TPSA) is 67.4 Å². The predicted molar refractivity (Wildman–Crippen MR) is 112 cm³/mol. The van der Waals surface area contributed by atoms with Crippen molar-refractivity contribution in [2.75, 3.05) is 19.0 Å². The van der Waals surface area contributed by atoms with E-state index in [1.54, 1.807) is 12.1 Å². The maximum absolute atomic E-state index is 13.6. The van der Waals surface area contributed by atoms with Gasteiger partial charge in [-0.15, -0.1) is 0 Å². The summed E-state index contributed by atoms with van der Waals surface area (Å²) in [5.41, 5.74) is 3.68. The molecular weight excluding hydrogens is 371 g/mol. The molecule has 2 aromatic carbocycles. The van der Waals surface area contributed by atoms with Crippen molar-refractivity contribution in [3.8, 4) is 0 Å². The second kappa shape index (κ2) is 9.98. The van der Waals surface area contributed by atoms with Crippen molar-refractivity contribution in [1.82, 2.24) is 5.32 Å². The van der Waals surface area contributed by atoms with Crippen molar-refractivity contribution >= 4 is 29.2 Å². The fourth-order valence-electron chi connectivity index (χ4n) is 3.29. The van der Waals surface area contributed by atoms with E-state index in [4.69, 9.17) is 0 Å². The summed E-state index contributed by atoms with van der Waals surface area (Å²) in [6, 6.07) is 12.2. The molecule has 29 heavy (non-hydrogen) atoms. The molecule has 6 heteroatoms. The van der Waals surface area contributed by atoms with Crippen LogP contribution in [-0.2, 0) is 20.9 Å². The number of esters is 1. The minimum Gasteiger partial charge on any atom is -0.469 e. The lowest BCUT2D eigenvalue weighted by atomic mass is 10.0. The molecule has 0 spiro atoms. The molecule has 0 bridgehead atoms. The maximum atomic E-state index is 13.6. The average molecular weight is 396 g/mol. The van der Waals surface area contributed by atoms with Crippen LogP contribution in [0, 0.1) is 5.82 Å². The lowest BCUT2D eigenvalue weighted by Crippen LogP contribution is -2.14. The number of nitrogens with one attached hydrogen (secondary N) is 2. The molecule has 0 unspecified atom stereocenters. The first-order chi connectivity index (χ1) is 14.1. The highest BCUT2D eigenvalue weighted by molar-refractivity contribution is 6.34. The van der Waals surface area contributed by atoms with Crippen LogP contribution in [-0.4, -0.2) is 25.5 Å². The minimum absolute atomic E-state index is 0.162. The third-order valence-electron chi connectivity index (χ3n) is 4.82. The van der Waals surface area contributed by atoms with Gasteiger partial charge in [0, 0.05) is 29.8 Å². The van der Waals surface area contributed by atoms with E-state index in [-0.39, 0.29) is 17.7 Å². The number of halogens is 1. The Kier molecular flexibility index (Phi) is 7.14. The lowest BCUT2D eigenvalue weighted by molar-refractivity contribution is -0.140. The summed E-state index contributed by atoms with van der Waals surface area (Å²) in [6.07, 6.45) is 5.05. The lowest BCUT2D eigenvalue weighted by Gasteiger charge is -2.06. The highest BCUT2D eigenvalue weighted by Gasteiger charge is 2.24. The van der Waals surface area contributed by atoms with Crippen LogP contribution >= 0.6 is 0 Å². The molecule has 1 amide bonds. The number of hydrogen-bond donors (Lipinski definition) is 2. The number of anilines is 1. The molecule has 0 fully saturated rings. The van der Waals surface area contributed by atoms with Crippen molar-refractivity contribution in [2.45, 2.75) is 32.2 Å². The molecule has 2 aromatic rings. The SMILES string of the molecule is COC(=O)CCCCCNCc1cccc(C=C2C(=O)Nc3ccc(F)cc32)c1. The van der Waals surface area contributed by atoms with Gasteiger partial charge in [-0.3, -0.25) is 9.59 Å². The Labute approximate surface area is 170 Å². The number of ether oxygens (including phenoxy) is 1. The van der Waals surface area contributed by atoms with Gasteiger partial charge in [-0.25, -0.2) is 4.39 Å². The van der Waals surface area contributed by atoms with Crippen LogP contribution in [0.15, 0.2) is 42.5 Å². The van der Waals surface area contributed by atoms with E-state index >= 15 is 0 Å². The monoisotopic (exact) mass is 396 g/mol. The second-order valence-corrected chi connectivity index (χ2v) is 7.01. The number of methoxy groups -OCH3 is 1. The van der Waals surface area contributed by atoms with Gasteiger partial charge in [0.25, 0.3) is 5.91 Å². The Hall–Kier alpha value is -2.99. The second-order valence-electron chi connectivity index (χ2n) is 7.01. The first kappa shape index (κ1) is 20.7. The Morgan fingerprint density at radius 2 is 2.03 bits per heavy atom. The van der Waals surface area contributed by atoms with Gasteiger partial charge in [-0.1, -0.05) is 30.7 Å². The molecule has 1 heterocycles. The van der Waals surface area contributed by atoms with Gasteiger partial charge in [0.1, 0.15) is 5.82 Å². The summed E-state index contributed by atoms with van der Waals surface area (Å²) >= 11 is 0. The molecule has 0 atom stereocenters. The highest BCUT2D eigenvalue weighted by atomic mass is 19.1. The number of carbonyl (C=O) groups excluding carboxylic acids is 2. The number of amides is 1. The molecule has 0 aromatic heterocycles. The van der Waals surface area contributed by atoms with Gasteiger partial charge in [-0.05, 0) is 54.8 Å². The third kappa shape index (κ3) is 5.74. The van der Waals surface area contributed by atoms with Crippen LogP contribution < -0.4 is 10.6 Å². The third-order valence-corrected chi connectivity index (χ3v) is 4.82. The van der Waals surface area contributed by atoms with Crippen LogP contribution in [0.2, 0.25) is 0 Å². The Bertz CT molecular complexity index is 924. The standard InChI is InChI=1S/C23H25FN2O3/c1-29-22(27)8-3-2-4-11-25-15-17-7-5-6-16(12-17)13-20-19-14-18(24)9-10-21(19)26-23(20)28/h5-7,9-10,12-14,25H,2-4,8,11,15H2,1H3,(H,26,28). The molecule has 1 aliphatic heterocycles. The first-order valence-electron chi connectivity index (χ1n) is 9.76. The molecule has 0 radical (unpaired) electrons. The molecule has 0 saturated carbocycles. The van der Waals surface area contributed by atoms with Gasteiger partial charge < -0.3 is 15.4 Å². The molecule has 0 saturated heterocycles. The van der Waals surface area contributed by atoms with Crippen LogP contribution in [0.4, 0.5) is 10.1 Å². The summed E-state index contributed by atoms with van der Waals surface area (Å²) in [5.74, 6) is -0.748. The molecule has 152 valence electrons. The van der Waals surface area contributed by atoms with E-state index in [9.17, 15) is 14.0 Å². The summed E-state index contributed by atoms with van der Waals surface area (Å²) < 4.78 is 18.2. The molecule has 0 aliphatic carbocycles. The average Bonchev–Trinajstić information content (AvgIpc) is 3.02. The summed E-state index contributed by atoms with van der Waals surface area (Å²) in [4.78, 5) is 23.3. The smallest absolute Gasteiger partial charge is 0.305 e. The maximum Gasteiger partial charge on any atom is 0.305 e. The summed E-state index contributed by atoms with van der Waals surface area (Å²) in [7, 11) is 1.41. The van der Waals surface area contributed by atoms with Crippen molar-refractivity contribution in [2.24, 2.45) is 0 Å². The van der Waals surface area contributed by atoms with Crippen LogP contribution in [0.25, 0.3) is 11.6 Å². The van der Waals surface area contributed by atoms with Crippen molar-refractivity contribution < 1.29 is 18.7 Å². The fraction of sp³-hybridized carbons (Fsp3) is 0.304. The Morgan fingerprint density at radius 3 is 2.86 bits per heavy atom. The molecule has 1 aliphatic rings. The highest BCUT2D eigenvalue weighted by Crippen LogP contribution is 2.33. The molecule has 3 rings (SSSR count). The number of unbranched alkanes of at least 4 members (excludes halogenated alkanes) is 2. The molecule has 2 N–H and O–H groups in total. The van der Waals surface area contributed by atoms with Gasteiger partial charge in [0.05, 0.1) is 7.11 Å². The minimum atomic E-state index is -0.365. The van der Waals surface area contributed by atoms with Gasteiger partial charge in [0.2, 0.25) is 0 Å². The number of carbonyl (C=O) groups is 2. The van der Waals surface area contributed by atoms with E-state index in [1.807, 2.05) is 24.3 Å². The van der Waals surface area contributed by atoms with E-state index in [0.29, 0.717) is 29.8 Å². The van der Waals surface area contributed by atoms with E-state index in [2.05, 4.69) is 15.4 Å². The number of rotatable bonds is 9. The summed E-state index contributed by atoms with van der Waals surface area (Å²) in [5, 5.41) is 6.15. The zero-order chi connectivity index (χ0) is 20.6. The van der Waals surface area contributed by atoms with Crippen molar-refractivity contribution in [1.29, 1.82) is 0 Å². The largest absolute Gasteiger partial charge is 0.469 e. The number of benzene rings is 2. The van der Waals surface area contributed by atoms with E-state index in [1.165, 1.54) is 19.2 Å². The normalized spacial score (nSPS) is 14.0. The first-order valence-corrected chi connectivity index (χ1v) is 9.76. The quantitative estimate of drug-likeness (QED) is 0.380. The number of fused-ring (bicyclic) bond motifs is 1. The molecular formula is C23H25FN2O3. The van der Waals surface area contributed by atoms with Crippen molar-refractivity contribution in [3.05, 3.63) is 65.0 Å². The zero-order valence-corrected chi connectivity index (χ0v) is 16.5. The number of hydrogen-bond acceptors (Lipinski definition) is 4. The van der Waals surface area contributed by atoms with Gasteiger partial charge in [-0.2, -0.15) is 0 Å². The predicted octanol–water partition coefficient (Wildman–Crippen LogP) is 4.14. The van der Waals surface area contributed by atoms with Gasteiger partial charge in [0.15, 0.2) is 0 Å². The van der Waals surface area contributed by atoms with Gasteiger partial charge >= 0.3 is 5.97 Å². The molecule has 5 nitrogen and oxygen atoms in total. The Morgan fingerprint density at radius 1 is 1.17 bits per heavy atom. The van der Waals surface area contributed by atoms with Crippen molar-refractivity contribution in [3.63, 3.8) is 0 Å². The summed E-state index contributed by atoms with van der Waals surface area (Å²) in [6.45, 7) is 1.58. The van der Waals surface area contributed by atoms with E-state index in [0.717, 1.165) is 36.9 Å². The zero-order valence-electron chi connectivity index (χ0n) is 16.5.